The molecule has 1 aromatic heterocycles. The molecule has 0 spiro atoms. The minimum atomic E-state index is -0.0900. The van der Waals surface area contributed by atoms with Crippen LogP contribution in [0.3, 0.4) is 0 Å². The number of hydrogen-bond acceptors (Lipinski definition) is 7. The molecule has 3 rings (SSSR count). The molecule has 8 heteroatoms. The zero-order valence-corrected chi connectivity index (χ0v) is 15.9. The van der Waals surface area contributed by atoms with Gasteiger partial charge in [-0.2, -0.15) is 4.98 Å². The molecule has 0 fully saturated rings. The van der Waals surface area contributed by atoms with Crippen LogP contribution in [0.5, 0.6) is 11.5 Å². The van der Waals surface area contributed by atoms with Crippen molar-refractivity contribution in [1.82, 2.24) is 15.3 Å². The Labute approximate surface area is 163 Å². The summed E-state index contributed by atoms with van der Waals surface area (Å²) in [7, 11) is 3.13. The number of ether oxygens (including phenoxy) is 2. The number of carbonyl (C=O) groups is 1. The van der Waals surface area contributed by atoms with E-state index < -0.39 is 0 Å². The van der Waals surface area contributed by atoms with Crippen LogP contribution in [0.2, 0.25) is 0 Å². The van der Waals surface area contributed by atoms with Gasteiger partial charge < -0.3 is 25.8 Å². The number of carbonyl (C=O) groups excluding carboxylic acids is 1. The van der Waals surface area contributed by atoms with Crippen LogP contribution in [-0.4, -0.2) is 43.2 Å². The molecular formula is C20H23N5O3. The molecule has 0 aliphatic carbocycles. The number of methoxy groups -OCH3 is 2. The first-order valence-corrected chi connectivity index (χ1v) is 8.88. The first kappa shape index (κ1) is 19.2. The number of nitrogen functional groups attached to an aromatic ring is 1. The van der Waals surface area contributed by atoms with Crippen molar-refractivity contribution >= 4 is 28.6 Å². The topological polar surface area (TPSA) is 111 Å². The van der Waals surface area contributed by atoms with Gasteiger partial charge in [0.25, 0.3) is 5.91 Å². The molecule has 3 aromatic rings. The molecule has 28 heavy (non-hydrogen) atoms. The van der Waals surface area contributed by atoms with E-state index in [4.69, 9.17) is 15.2 Å². The third-order valence-electron chi connectivity index (χ3n) is 4.19. The van der Waals surface area contributed by atoms with Crippen LogP contribution in [0.1, 0.15) is 16.8 Å². The number of anilines is 2. The summed E-state index contributed by atoms with van der Waals surface area (Å²) in [5.41, 5.74) is 7.36. The number of aromatic nitrogens is 2. The fourth-order valence-corrected chi connectivity index (χ4v) is 2.74. The van der Waals surface area contributed by atoms with Crippen LogP contribution in [0.15, 0.2) is 42.5 Å². The van der Waals surface area contributed by atoms with Crippen LogP contribution in [-0.2, 0) is 0 Å². The van der Waals surface area contributed by atoms with Crippen molar-refractivity contribution in [1.29, 1.82) is 0 Å². The molecule has 0 atom stereocenters. The van der Waals surface area contributed by atoms with Gasteiger partial charge >= 0.3 is 0 Å². The fourth-order valence-electron chi connectivity index (χ4n) is 2.74. The number of hydrogen-bond donors (Lipinski definition) is 3. The highest BCUT2D eigenvalue weighted by atomic mass is 16.5. The normalized spacial score (nSPS) is 10.5. The highest BCUT2D eigenvalue weighted by molar-refractivity contribution is 5.94. The lowest BCUT2D eigenvalue weighted by Gasteiger charge is -2.12. The molecule has 0 saturated carbocycles. The number of fused-ring (bicyclic) bond motifs is 1. The maximum absolute atomic E-state index is 12.0. The molecule has 0 aliphatic rings. The van der Waals surface area contributed by atoms with Gasteiger partial charge in [0.2, 0.25) is 5.95 Å². The Morgan fingerprint density at radius 3 is 2.46 bits per heavy atom. The SMILES string of the molecule is COc1cc2nc(NCCCNC(=O)c3ccccc3)nc(N)c2cc1OC. The van der Waals surface area contributed by atoms with E-state index in [2.05, 4.69) is 20.6 Å². The Morgan fingerprint density at radius 2 is 1.75 bits per heavy atom. The van der Waals surface area contributed by atoms with Crippen molar-refractivity contribution in [3.63, 3.8) is 0 Å². The van der Waals surface area contributed by atoms with Crippen LogP contribution in [0.4, 0.5) is 11.8 Å². The van der Waals surface area contributed by atoms with E-state index in [1.165, 1.54) is 0 Å². The summed E-state index contributed by atoms with van der Waals surface area (Å²) < 4.78 is 10.6. The van der Waals surface area contributed by atoms with Crippen molar-refractivity contribution in [2.75, 3.05) is 38.4 Å². The number of amides is 1. The molecule has 0 bridgehead atoms. The van der Waals surface area contributed by atoms with Gasteiger partial charge in [0, 0.05) is 30.1 Å². The summed E-state index contributed by atoms with van der Waals surface area (Å²) in [6.07, 6.45) is 0.714. The van der Waals surface area contributed by atoms with Crippen molar-refractivity contribution in [3.05, 3.63) is 48.0 Å². The zero-order valence-electron chi connectivity index (χ0n) is 15.9. The zero-order chi connectivity index (χ0) is 19.9. The van der Waals surface area contributed by atoms with Crippen molar-refractivity contribution < 1.29 is 14.3 Å². The highest BCUT2D eigenvalue weighted by Gasteiger charge is 2.11. The second-order valence-electron chi connectivity index (χ2n) is 6.06. The van der Waals surface area contributed by atoms with E-state index in [9.17, 15) is 4.79 Å². The van der Waals surface area contributed by atoms with Gasteiger partial charge in [-0.1, -0.05) is 18.2 Å². The van der Waals surface area contributed by atoms with E-state index in [0.29, 0.717) is 59.2 Å². The van der Waals surface area contributed by atoms with Gasteiger partial charge in [-0.05, 0) is 24.6 Å². The molecule has 0 radical (unpaired) electrons. The van der Waals surface area contributed by atoms with Gasteiger partial charge in [0.05, 0.1) is 19.7 Å². The molecule has 8 nitrogen and oxygen atoms in total. The van der Waals surface area contributed by atoms with Crippen LogP contribution in [0, 0.1) is 0 Å². The number of nitrogens with one attached hydrogen (secondary N) is 2. The van der Waals surface area contributed by atoms with Crippen LogP contribution >= 0.6 is 0 Å². The maximum Gasteiger partial charge on any atom is 0.251 e. The van der Waals surface area contributed by atoms with E-state index in [0.717, 1.165) is 0 Å². The third kappa shape index (κ3) is 4.40. The van der Waals surface area contributed by atoms with Crippen LogP contribution < -0.4 is 25.8 Å². The Morgan fingerprint density at radius 1 is 1.04 bits per heavy atom. The number of benzene rings is 2. The van der Waals surface area contributed by atoms with Gasteiger partial charge in [-0.25, -0.2) is 4.98 Å². The minimum Gasteiger partial charge on any atom is -0.493 e. The Balaban J connectivity index is 1.58. The fraction of sp³-hybridized carbons (Fsp3) is 0.250. The van der Waals surface area contributed by atoms with E-state index in [1.54, 1.807) is 38.5 Å². The van der Waals surface area contributed by atoms with Crippen molar-refractivity contribution in [3.8, 4) is 11.5 Å². The Bertz CT molecular complexity index is 963. The molecule has 0 saturated heterocycles. The Kier molecular flexibility index (Phi) is 6.11. The molecular weight excluding hydrogens is 358 g/mol. The average Bonchev–Trinajstić information content (AvgIpc) is 2.73. The molecule has 0 unspecified atom stereocenters. The molecule has 1 amide bonds. The summed E-state index contributed by atoms with van der Waals surface area (Å²) in [5, 5.41) is 6.70. The lowest BCUT2D eigenvalue weighted by atomic mass is 10.2. The summed E-state index contributed by atoms with van der Waals surface area (Å²) in [4.78, 5) is 20.7. The van der Waals surface area contributed by atoms with E-state index >= 15 is 0 Å². The second-order valence-corrected chi connectivity index (χ2v) is 6.06. The maximum atomic E-state index is 12.0. The molecule has 4 N–H and O–H groups in total. The van der Waals surface area contributed by atoms with Gasteiger partial charge in [0.15, 0.2) is 11.5 Å². The number of nitrogens with zero attached hydrogens (tertiary/aromatic N) is 2. The largest absolute Gasteiger partial charge is 0.493 e. The molecule has 2 aromatic carbocycles. The van der Waals surface area contributed by atoms with Crippen molar-refractivity contribution in [2.45, 2.75) is 6.42 Å². The van der Waals surface area contributed by atoms with Crippen LogP contribution in [0.25, 0.3) is 10.9 Å². The van der Waals surface area contributed by atoms with Gasteiger partial charge in [-0.15, -0.1) is 0 Å². The second kappa shape index (κ2) is 8.90. The first-order chi connectivity index (χ1) is 13.6. The number of nitrogens with two attached hydrogens (primary N) is 1. The monoisotopic (exact) mass is 381 g/mol. The average molecular weight is 381 g/mol. The summed E-state index contributed by atoms with van der Waals surface area (Å²) in [5.74, 6) is 1.83. The predicted molar refractivity (Wildman–Crippen MR) is 109 cm³/mol. The van der Waals surface area contributed by atoms with E-state index in [-0.39, 0.29) is 5.91 Å². The summed E-state index contributed by atoms with van der Waals surface area (Å²) >= 11 is 0. The quantitative estimate of drug-likeness (QED) is 0.514. The summed E-state index contributed by atoms with van der Waals surface area (Å²) in [6.45, 7) is 1.13. The van der Waals surface area contributed by atoms with Gasteiger partial charge in [-0.3, -0.25) is 4.79 Å². The predicted octanol–water partition coefficient (Wildman–Crippen LogP) is 2.46. The minimum absolute atomic E-state index is 0.0900. The smallest absolute Gasteiger partial charge is 0.251 e. The standard InChI is InChI=1S/C20H23N5O3/c1-27-16-11-14-15(12-17(16)28-2)24-20(25-18(14)21)23-10-6-9-22-19(26)13-7-4-3-5-8-13/h3-5,7-8,11-12H,6,9-10H2,1-2H3,(H,22,26)(H3,21,23,24,25). The lowest BCUT2D eigenvalue weighted by Crippen LogP contribution is -2.25. The summed E-state index contributed by atoms with van der Waals surface area (Å²) in [6, 6.07) is 12.6. The molecule has 146 valence electrons. The van der Waals surface area contributed by atoms with Gasteiger partial charge in [0.1, 0.15) is 5.82 Å². The molecule has 0 aliphatic heterocycles. The Hall–Kier alpha value is -3.55. The third-order valence-corrected chi connectivity index (χ3v) is 4.19. The number of rotatable bonds is 8. The van der Waals surface area contributed by atoms with E-state index in [1.807, 2.05) is 18.2 Å². The first-order valence-electron chi connectivity index (χ1n) is 8.88. The highest BCUT2D eigenvalue weighted by Crippen LogP contribution is 2.33. The van der Waals surface area contributed by atoms with Crippen molar-refractivity contribution in [2.24, 2.45) is 0 Å². The molecule has 1 heterocycles. The lowest BCUT2D eigenvalue weighted by molar-refractivity contribution is 0.0953.